The van der Waals surface area contributed by atoms with Crippen molar-refractivity contribution in [3.8, 4) is 23.2 Å². The van der Waals surface area contributed by atoms with E-state index in [0.29, 0.717) is 23.4 Å². The van der Waals surface area contributed by atoms with E-state index in [1.54, 1.807) is 31.4 Å². The number of primary amides is 1. The Labute approximate surface area is 220 Å². The first kappa shape index (κ1) is 25.9. The summed E-state index contributed by atoms with van der Waals surface area (Å²) in [5.41, 5.74) is 6.16. The van der Waals surface area contributed by atoms with Gasteiger partial charge in [-0.15, -0.1) is 0 Å². The number of imidazole rings is 1. The zero-order valence-corrected chi connectivity index (χ0v) is 22.0. The van der Waals surface area contributed by atoms with Crippen LogP contribution in [0.2, 0.25) is 0 Å². The van der Waals surface area contributed by atoms with Gasteiger partial charge in [-0.1, -0.05) is 17.9 Å². The number of carbonyl (C=O) groups is 2. The summed E-state index contributed by atoms with van der Waals surface area (Å²) in [7, 11) is 0. The maximum absolute atomic E-state index is 15.0. The van der Waals surface area contributed by atoms with Crippen LogP contribution in [0.5, 0.6) is 0 Å². The first-order valence-corrected chi connectivity index (χ1v) is 12.5. The molecular weight excluding hydrogens is 491 g/mol. The monoisotopic (exact) mass is 522 g/mol. The topological polar surface area (TPSA) is 131 Å². The molecule has 4 N–H and O–H groups in total. The summed E-state index contributed by atoms with van der Waals surface area (Å²) in [6.07, 6.45) is 0.932. The molecule has 3 aliphatic heterocycles. The Hall–Kier alpha value is -3.68. The van der Waals surface area contributed by atoms with Gasteiger partial charge in [0.1, 0.15) is 28.9 Å². The number of halogens is 1. The summed E-state index contributed by atoms with van der Waals surface area (Å²) in [5.74, 6) is 4.02. The van der Waals surface area contributed by atoms with Gasteiger partial charge in [0.2, 0.25) is 0 Å². The molecule has 2 atom stereocenters. The van der Waals surface area contributed by atoms with E-state index in [1.807, 2.05) is 6.08 Å². The van der Waals surface area contributed by atoms with Gasteiger partial charge in [-0.2, -0.15) is 0 Å². The van der Waals surface area contributed by atoms with Crippen LogP contribution in [0.4, 0.5) is 9.18 Å². The molecule has 1 aromatic carbocycles. The molecule has 4 aliphatic rings. The fourth-order valence-electron chi connectivity index (χ4n) is 4.98. The van der Waals surface area contributed by atoms with Crippen LogP contribution in [0.1, 0.15) is 80.5 Å². The van der Waals surface area contributed by atoms with E-state index >= 15 is 0 Å². The van der Waals surface area contributed by atoms with E-state index in [0.717, 1.165) is 5.57 Å². The zero-order chi connectivity index (χ0) is 27.7. The number of rotatable bonds is 3. The van der Waals surface area contributed by atoms with Crippen LogP contribution in [0.15, 0.2) is 18.2 Å². The Morgan fingerprint density at radius 1 is 1.21 bits per heavy atom. The molecule has 10 heteroatoms. The van der Waals surface area contributed by atoms with Gasteiger partial charge < -0.3 is 30.2 Å². The minimum atomic E-state index is -1.31. The molecule has 4 heterocycles. The smallest absolute Gasteiger partial charge is 0.410 e. The van der Waals surface area contributed by atoms with Gasteiger partial charge in [-0.25, -0.2) is 14.2 Å². The van der Waals surface area contributed by atoms with Crippen molar-refractivity contribution in [2.24, 2.45) is 11.7 Å². The lowest BCUT2D eigenvalue weighted by molar-refractivity contribution is -0.0335. The van der Waals surface area contributed by atoms with Gasteiger partial charge in [0, 0.05) is 24.6 Å². The van der Waals surface area contributed by atoms with Crippen LogP contribution in [0, 0.1) is 23.6 Å². The van der Waals surface area contributed by atoms with E-state index in [9.17, 15) is 24.2 Å². The molecule has 1 saturated heterocycles. The highest BCUT2D eigenvalue weighted by Gasteiger charge is 2.44. The van der Waals surface area contributed by atoms with Gasteiger partial charge in [0.25, 0.3) is 5.91 Å². The summed E-state index contributed by atoms with van der Waals surface area (Å²) < 4.78 is 22.2. The van der Waals surface area contributed by atoms with Crippen LogP contribution < -0.4 is 5.73 Å². The minimum absolute atomic E-state index is 0.0635. The molecule has 1 aliphatic carbocycles. The summed E-state index contributed by atoms with van der Waals surface area (Å²) in [6, 6.07) is 2.74. The molecule has 1 fully saturated rings. The van der Waals surface area contributed by atoms with E-state index in [1.165, 1.54) is 24.8 Å². The molecule has 200 valence electrons. The van der Waals surface area contributed by atoms with Crippen LogP contribution >= 0.6 is 0 Å². The summed E-state index contributed by atoms with van der Waals surface area (Å²) in [5, 5.41) is 21.4. The second-order valence-electron chi connectivity index (χ2n) is 11.6. The molecule has 2 amide bonds. The lowest BCUT2D eigenvalue weighted by Gasteiger charge is -2.42. The molecule has 1 unspecified atom stereocenters. The number of carbonyl (C=O) groups excluding carboxylic acids is 2. The normalized spacial score (nSPS) is 19.0. The molecule has 38 heavy (non-hydrogen) atoms. The van der Waals surface area contributed by atoms with Crippen molar-refractivity contribution < 1.29 is 28.9 Å². The van der Waals surface area contributed by atoms with Crippen molar-refractivity contribution in [1.29, 1.82) is 0 Å². The third-order valence-electron chi connectivity index (χ3n) is 6.82. The van der Waals surface area contributed by atoms with Gasteiger partial charge >= 0.3 is 6.09 Å². The molecule has 0 radical (unpaired) electrons. The van der Waals surface area contributed by atoms with E-state index < -0.39 is 35.1 Å². The average molecular weight is 523 g/mol. The zero-order valence-electron chi connectivity index (χ0n) is 22.0. The maximum atomic E-state index is 15.0. The van der Waals surface area contributed by atoms with Crippen LogP contribution in [-0.2, 0) is 4.74 Å². The molecule has 6 rings (SSSR count). The number of hydrogen-bond acceptors (Lipinski definition) is 6. The predicted molar refractivity (Wildman–Crippen MR) is 137 cm³/mol. The molecular formula is C28H31FN4O5. The number of ether oxygens (including phenoxy) is 1. The maximum Gasteiger partial charge on any atom is 0.410 e. The van der Waals surface area contributed by atoms with Crippen molar-refractivity contribution in [2.75, 3.05) is 13.1 Å². The number of aliphatic hydroxyl groups is 2. The van der Waals surface area contributed by atoms with Gasteiger partial charge in [0.05, 0.1) is 17.3 Å². The number of aliphatic hydroxyl groups excluding tert-OH is 1. The molecule has 1 aromatic heterocycles. The van der Waals surface area contributed by atoms with Crippen molar-refractivity contribution in [3.63, 3.8) is 0 Å². The van der Waals surface area contributed by atoms with Crippen molar-refractivity contribution in [2.45, 2.75) is 64.4 Å². The molecule has 0 saturated carbocycles. The Bertz CT molecular complexity index is 1440. The number of allylic oxidation sites excluding steroid dienone is 2. The number of likely N-dealkylation sites (tertiary alicyclic amines) is 1. The largest absolute Gasteiger partial charge is 0.444 e. The summed E-state index contributed by atoms with van der Waals surface area (Å²) in [6.45, 7) is 8.85. The number of benzene rings is 1. The first-order chi connectivity index (χ1) is 17.6. The second kappa shape index (κ2) is 8.68. The number of nitrogens with two attached hydrogens (primary N) is 1. The Balaban J connectivity index is 1.54. The number of aromatic nitrogens is 2. The van der Waals surface area contributed by atoms with E-state index in [-0.39, 0.29) is 42.0 Å². The third-order valence-corrected chi connectivity index (χ3v) is 6.82. The Morgan fingerprint density at radius 2 is 1.87 bits per heavy atom. The van der Waals surface area contributed by atoms with E-state index in [2.05, 4.69) is 16.8 Å². The highest BCUT2D eigenvalue weighted by Crippen LogP contribution is 2.50. The minimum Gasteiger partial charge on any atom is -0.444 e. The van der Waals surface area contributed by atoms with Crippen LogP contribution in [0.25, 0.3) is 17.0 Å². The molecule has 0 spiro atoms. The lowest BCUT2D eigenvalue weighted by atomic mass is 9.85. The lowest BCUT2D eigenvalue weighted by Crippen LogP contribution is -2.53. The van der Waals surface area contributed by atoms with Crippen LogP contribution in [0.3, 0.4) is 0 Å². The second-order valence-corrected chi connectivity index (χ2v) is 11.6. The van der Waals surface area contributed by atoms with Gasteiger partial charge in [0.15, 0.2) is 5.69 Å². The number of nitrogens with zero attached hydrogens (tertiary/aromatic N) is 3. The average Bonchev–Trinajstić information content (AvgIpc) is 2.98. The van der Waals surface area contributed by atoms with Crippen molar-refractivity contribution in [1.82, 2.24) is 14.5 Å². The SMILES string of the molecule is CC(C)(O)C#Cc1cc2c(cc1F)C1=C[C@@H](C1)n1c-2nc(C(N)=O)c1C(O)C1CN(C(=O)OC(C)(C)C)C1. The third kappa shape index (κ3) is 4.57. The van der Waals surface area contributed by atoms with Crippen molar-refractivity contribution >= 4 is 17.6 Å². The van der Waals surface area contributed by atoms with Crippen LogP contribution in [-0.4, -0.2) is 61.0 Å². The summed E-state index contributed by atoms with van der Waals surface area (Å²) in [4.78, 5) is 30.9. The van der Waals surface area contributed by atoms with Crippen molar-refractivity contribution in [3.05, 3.63) is 46.5 Å². The molecule has 2 bridgehead atoms. The highest BCUT2D eigenvalue weighted by atomic mass is 19.1. The fourth-order valence-corrected chi connectivity index (χ4v) is 4.98. The Morgan fingerprint density at radius 3 is 2.45 bits per heavy atom. The summed E-state index contributed by atoms with van der Waals surface area (Å²) >= 11 is 0. The quantitative estimate of drug-likeness (QED) is 0.531. The number of amides is 2. The number of hydrogen-bond donors (Lipinski definition) is 3. The first-order valence-electron chi connectivity index (χ1n) is 12.5. The standard InChI is InChI=1S/C28H31FN4O5/c1-27(2,3)38-26(36)32-12-16(13-32)23(34)22-21(24(30)35)31-25-19-10-14(6-7-28(4,5)37)20(29)11-18(19)15-8-17(9-15)33(22)25/h8,10-11,16-17,23,34,37H,9,12-13H2,1-5H3,(H2,30,35)/t17-,23?/m0/s1. The highest BCUT2D eigenvalue weighted by molar-refractivity contribution is 5.94. The Kier molecular flexibility index (Phi) is 5.93. The predicted octanol–water partition coefficient (Wildman–Crippen LogP) is 3.15. The fraction of sp³-hybridized carbons (Fsp3) is 0.464. The van der Waals surface area contributed by atoms with Gasteiger partial charge in [-0.05, 0) is 64.3 Å². The van der Waals surface area contributed by atoms with E-state index in [4.69, 9.17) is 10.5 Å². The van der Waals surface area contributed by atoms with Gasteiger partial charge in [-0.3, -0.25) is 4.79 Å². The molecule has 9 nitrogen and oxygen atoms in total. The molecule has 2 aromatic rings.